The summed E-state index contributed by atoms with van der Waals surface area (Å²) in [4.78, 5) is 28.8. The molecule has 0 aliphatic heterocycles. The molecule has 0 aliphatic rings. The number of aromatic nitrogens is 1. The summed E-state index contributed by atoms with van der Waals surface area (Å²) in [6.45, 7) is 1.50. The molecule has 2 aromatic rings. The second kappa shape index (κ2) is 9.22. The van der Waals surface area contributed by atoms with Crippen LogP contribution in [0.3, 0.4) is 0 Å². The second-order valence-corrected chi connectivity index (χ2v) is 5.65. The van der Waals surface area contributed by atoms with E-state index >= 15 is 0 Å². The molecule has 0 aliphatic carbocycles. The molecule has 0 fully saturated rings. The van der Waals surface area contributed by atoms with E-state index in [2.05, 4.69) is 9.72 Å². The largest absolute Gasteiger partial charge is 0.573 e. The third-order valence-corrected chi connectivity index (χ3v) is 3.62. The minimum absolute atomic E-state index is 0.00961. The van der Waals surface area contributed by atoms with Crippen molar-refractivity contribution in [2.24, 2.45) is 5.73 Å². The van der Waals surface area contributed by atoms with Crippen LogP contribution in [0.25, 0.3) is 0 Å². The highest BCUT2D eigenvalue weighted by molar-refractivity contribution is 5.96. The van der Waals surface area contributed by atoms with Gasteiger partial charge in [-0.2, -0.15) is 0 Å². The number of alkyl halides is 3. The predicted octanol–water partition coefficient (Wildman–Crippen LogP) is 3.04. The van der Waals surface area contributed by atoms with Crippen molar-refractivity contribution in [3.05, 3.63) is 47.9 Å². The van der Waals surface area contributed by atoms with Gasteiger partial charge in [-0.15, -0.1) is 13.2 Å². The lowest BCUT2D eigenvalue weighted by Crippen LogP contribution is -2.35. The number of nitrogens with zero attached hydrogens (tertiary/aromatic N) is 2. The summed E-state index contributed by atoms with van der Waals surface area (Å²) in [5.74, 6) is -3.12. The van der Waals surface area contributed by atoms with E-state index in [0.29, 0.717) is 0 Å². The van der Waals surface area contributed by atoms with Gasteiger partial charge in [-0.25, -0.2) is 9.37 Å². The van der Waals surface area contributed by atoms with E-state index in [9.17, 15) is 27.2 Å². The maximum atomic E-state index is 13.7. The summed E-state index contributed by atoms with van der Waals surface area (Å²) in [5.41, 5.74) is 5.38. The van der Waals surface area contributed by atoms with E-state index < -0.39 is 23.8 Å². The van der Waals surface area contributed by atoms with Gasteiger partial charge in [-0.3, -0.25) is 14.5 Å². The zero-order valence-electron chi connectivity index (χ0n) is 15.2. The molecule has 29 heavy (non-hydrogen) atoms. The van der Waals surface area contributed by atoms with Crippen LogP contribution in [0, 0.1) is 5.82 Å². The molecule has 2 N–H and O–H groups in total. The van der Waals surface area contributed by atoms with E-state index in [0.717, 1.165) is 18.2 Å². The van der Waals surface area contributed by atoms with Crippen LogP contribution in [0.1, 0.15) is 23.7 Å². The van der Waals surface area contributed by atoms with Crippen LogP contribution < -0.4 is 20.1 Å². The van der Waals surface area contributed by atoms with Crippen LogP contribution in [-0.2, 0) is 4.79 Å². The number of ether oxygens (including phenoxy) is 2. The molecule has 2 amide bonds. The Morgan fingerprint density at radius 1 is 1.21 bits per heavy atom. The van der Waals surface area contributed by atoms with E-state index in [4.69, 9.17) is 10.5 Å². The average molecular weight is 415 g/mol. The standard InChI is InChI=1S/C18H17F4N3O4/c1-2-16(26)25(15-9-11(17(23)27)5-6-24-15)7-8-28-12-3-4-14(13(19)10-12)29-18(20,21)22/h3-6,9-10H,2,7-8H2,1H3,(H2,23,27). The van der Waals surface area contributed by atoms with Crippen LogP contribution in [-0.4, -0.2) is 36.3 Å². The number of amides is 2. The van der Waals surface area contributed by atoms with E-state index in [-0.39, 0.29) is 42.6 Å². The van der Waals surface area contributed by atoms with Crippen molar-refractivity contribution in [3.63, 3.8) is 0 Å². The first-order valence-corrected chi connectivity index (χ1v) is 8.35. The summed E-state index contributed by atoms with van der Waals surface area (Å²) < 4.78 is 59.1. The van der Waals surface area contributed by atoms with Gasteiger partial charge in [0.2, 0.25) is 11.8 Å². The molecule has 0 radical (unpaired) electrons. The monoisotopic (exact) mass is 415 g/mol. The first-order chi connectivity index (χ1) is 13.6. The van der Waals surface area contributed by atoms with Gasteiger partial charge in [0.1, 0.15) is 18.2 Å². The van der Waals surface area contributed by atoms with Gasteiger partial charge < -0.3 is 15.2 Å². The van der Waals surface area contributed by atoms with Crippen LogP contribution in [0.2, 0.25) is 0 Å². The van der Waals surface area contributed by atoms with Crippen molar-refractivity contribution in [3.8, 4) is 11.5 Å². The molecule has 0 bridgehead atoms. The number of carbonyl (C=O) groups is 2. The lowest BCUT2D eigenvalue weighted by molar-refractivity contribution is -0.275. The first-order valence-electron chi connectivity index (χ1n) is 8.35. The highest BCUT2D eigenvalue weighted by Gasteiger charge is 2.32. The highest BCUT2D eigenvalue weighted by atomic mass is 19.4. The zero-order chi connectivity index (χ0) is 21.6. The molecule has 1 heterocycles. The fourth-order valence-corrected chi connectivity index (χ4v) is 2.31. The minimum Gasteiger partial charge on any atom is -0.492 e. The maximum absolute atomic E-state index is 13.7. The van der Waals surface area contributed by atoms with Gasteiger partial charge in [-0.1, -0.05) is 6.92 Å². The Balaban J connectivity index is 2.07. The van der Waals surface area contributed by atoms with Gasteiger partial charge in [-0.05, 0) is 24.3 Å². The fraction of sp³-hybridized carbons (Fsp3) is 0.278. The van der Waals surface area contributed by atoms with Gasteiger partial charge in [0.25, 0.3) is 0 Å². The van der Waals surface area contributed by atoms with E-state index in [1.165, 1.54) is 23.2 Å². The number of nitrogens with two attached hydrogens (primary N) is 1. The van der Waals surface area contributed by atoms with E-state index in [1.54, 1.807) is 6.92 Å². The quantitative estimate of drug-likeness (QED) is 0.669. The number of pyridine rings is 1. The average Bonchev–Trinajstić information content (AvgIpc) is 2.66. The third-order valence-electron chi connectivity index (χ3n) is 3.62. The first kappa shape index (κ1) is 21.9. The molecule has 0 atom stereocenters. The van der Waals surface area contributed by atoms with Crippen LogP contribution in [0.5, 0.6) is 11.5 Å². The number of primary amides is 1. The Labute approximate surface area is 163 Å². The van der Waals surface area contributed by atoms with Crippen molar-refractivity contribution in [2.75, 3.05) is 18.1 Å². The molecule has 0 unspecified atom stereocenters. The Kier molecular flexibility index (Phi) is 6.97. The molecular formula is C18H17F4N3O4. The summed E-state index contributed by atoms with van der Waals surface area (Å²) in [7, 11) is 0. The Hall–Kier alpha value is -3.37. The lowest BCUT2D eigenvalue weighted by atomic mass is 10.2. The van der Waals surface area contributed by atoms with Gasteiger partial charge in [0.05, 0.1) is 6.54 Å². The van der Waals surface area contributed by atoms with Crippen molar-refractivity contribution >= 4 is 17.6 Å². The van der Waals surface area contributed by atoms with Crippen LogP contribution in [0.4, 0.5) is 23.4 Å². The van der Waals surface area contributed by atoms with Gasteiger partial charge >= 0.3 is 6.36 Å². The fourth-order valence-electron chi connectivity index (χ4n) is 2.31. The van der Waals surface area contributed by atoms with Crippen LogP contribution >= 0.6 is 0 Å². The Morgan fingerprint density at radius 2 is 1.93 bits per heavy atom. The van der Waals surface area contributed by atoms with Crippen molar-refractivity contribution in [1.29, 1.82) is 0 Å². The number of carbonyl (C=O) groups excluding carboxylic acids is 2. The number of benzene rings is 1. The predicted molar refractivity (Wildman–Crippen MR) is 94.0 cm³/mol. The normalized spacial score (nSPS) is 11.1. The summed E-state index contributed by atoms with van der Waals surface area (Å²) >= 11 is 0. The minimum atomic E-state index is -5.02. The summed E-state index contributed by atoms with van der Waals surface area (Å²) in [5, 5.41) is 0. The second-order valence-electron chi connectivity index (χ2n) is 5.65. The number of hydrogen-bond donors (Lipinski definition) is 1. The Morgan fingerprint density at radius 3 is 2.52 bits per heavy atom. The maximum Gasteiger partial charge on any atom is 0.573 e. The number of rotatable bonds is 8. The summed E-state index contributed by atoms with van der Waals surface area (Å²) in [6.07, 6.45) is -3.56. The zero-order valence-corrected chi connectivity index (χ0v) is 15.2. The molecule has 11 heteroatoms. The van der Waals surface area contributed by atoms with Gasteiger partial charge in [0, 0.05) is 24.2 Å². The number of hydrogen-bond acceptors (Lipinski definition) is 5. The van der Waals surface area contributed by atoms with Crippen LogP contribution in [0.15, 0.2) is 36.5 Å². The molecule has 156 valence electrons. The topological polar surface area (TPSA) is 94.8 Å². The molecule has 0 spiro atoms. The molecule has 1 aromatic carbocycles. The third kappa shape index (κ3) is 6.33. The molecule has 0 saturated heterocycles. The van der Waals surface area contributed by atoms with Crippen molar-refractivity contribution in [1.82, 2.24) is 4.98 Å². The lowest BCUT2D eigenvalue weighted by Gasteiger charge is -2.21. The molecule has 2 rings (SSSR count). The Bertz CT molecular complexity index is 890. The molecular weight excluding hydrogens is 398 g/mol. The van der Waals surface area contributed by atoms with Crippen molar-refractivity contribution < 1.29 is 36.6 Å². The van der Waals surface area contributed by atoms with Crippen molar-refractivity contribution in [2.45, 2.75) is 19.7 Å². The van der Waals surface area contributed by atoms with Gasteiger partial charge in [0.15, 0.2) is 11.6 Å². The van der Waals surface area contributed by atoms with E-state index in [1.807, 2.05) is 0 Å². The molecule has 7 nitrogen and oxygen atoms in total. The SMILES string of the molecule is CCC(=O)N(CCOc1ccc(OC(F)(F)F)c(F)c1)c1cc(C(N)=O)ccn1. The molecule has 1 aromatic heterocycles. The smallest absolute Gasteiger partial charge is 0.492 e. The number of anilines is 1. The summed E-state index contributed by atoms with van der Waals surface area (Å²) in [6, 6.07) is 5.36. The highest BCUT2D eigenvalue weighted by Crippen LogP contribution is 2.28. The molecule has 0 saturated carbocycles. The number of halogens is 4.